The summed E-state index contributed by atoms with van der Waals surface area (Å²) in [5, 5.41) is 2.79. The Hall–Kier alpha value is -1.99. The molecular formula is C22H33FN4O2. The van der Waals surface area contributed by atoms with E-state index in [2.05, 4.69) is 29.0 Å². The van der Waals surface area contributed by atoms with E-state index in [9.17, 15) is 14.0 Å². The van der Waals surface area contributed by atoms with Gasteiger partial charge in [-0.05, 0) is 24.3 Å². The molecule has 0 aliphatic carbocycles. The zero-order chi connectivity index (χ0) is 20.8. The maximum atomic E-state index is 13.6. The minimum absolute atomic E-state index is 0.103. The summed E-state index contributed by atoms with van der Waals surface area (Å²) in [5.74, 6) is 0.960. The lowest BCUT2D eigenvalue weighted by Gasteiger charge is -2.38. The van der Waals surface area contributed by atoms with Crippen LogP contribution in [0.4, 0.5) is 4.39 Å². The molecule has 29 heavy (non-hydrogen) atoms. The first kappa shape index (κ1) is 21.7. The first-order valence-electron chi connectivity index (χ1n) is 10.6. The fraction of sp³-hybridized carbons (Fsp3) is 0.636. The van der Waals surface area contributed by atoms with Crippen LogP contribution in [0, 0.1) is 17.7 Å². The Kier molecular flexibility index (Phi) is 7.61. The third kappa shape index (κ3) is 6.51. The Morgan fingerprint density at radius 1 is 1.00 bits per heavy atom. The lowest BCUT2D eigenvalue weighted by molar-refractivity contribution is -0.135. The van der Waals surface area contributed by atoms with Crippen molar-refractivity contribution in [2.75, 3.05) is 52.4 Å². The Balaban J connectivity index is 1.36. The summed E-state index contributed by atoms with van der Waals surface area (Å²) in [7, 11) is 0. The van der Waals surface area contributed by atoms with Gasteiger partial charge in [-0.25, -0.2) is 4.39 Å². The zero-order valence-electron chi connectivity index (χ0n) is 17.6. The third-order valence-corrected chi connectivity index (χ3v) is 5.85. The molecule has 6 nitrogen and oxygen atoms in total. The van der Waals surface area contributed by atoms with Crippen LogP contribution < -0.4 is 5.32 Å². The second kappa shape index (κ2) is 10.2. The van der Waals surface area contributed by atoms with Gasteiger partial charge in [-0.2, -0.15) is 0 Å². The van der Waals surface area contributed by atoms with Gasteiger partial charge in [0.1, 0.15) is 5.82 Å². The Morgan fingerprint density at radius 2 is 1.59 bits per heavy atom. The minimum Gasteiger partial charge on any atom is -0.351 e. The molecule has 2 aliphatic heterocycles. The van der Waals surface area contributed by atoms with E-state index in [1.165, 1.54) is 12.5 Å². The fourth-order valence-corrected chi connectivity index (χ4v) is 4.36. The number of carbonyl (C=O) groups is 2. The molecule has 2 heterocycles. The highest BCUT2D eigenvalue weighted by Gasteiger charge is 2.27. The molecule has 2 saturated heterocycles. The van der Waals surface area contributed by atoms with E-state index in [0.717, 1.165) is 39.3 Å². The number of rotatable bonds is 6. The molecule has 160 valence electrons. The van der Waals surface area contributed by atoms with Crippen LogP contribution in [0.3, 0.4) is 0 Å². The van der Waals surface area contributed by atoms with Crippen molar-refractivity contribution in [1.29, 1.82) is 0 Å². The highest BCUT2D eigenvalue weighted by molar-refractivity contribution is 5.79. The SMILES string of the molecule is CC1CC(C)CN(C(=O)CN2CCN(CC(=O)NCc3ccccc3F)CC2)C1. The number of hydrogen-bond donors (Lipinski definition) is 1. The van der Waals surface area contributed by atoms with E-state index < -0.39 is 0 Å². The van der Waals surface area contributed by atoms with Gasteiger partial charge in [-0.15, -0.1) is 0 Å². The van der Waals surface area contributed by atoms with E-state index in [1.807, 2.05) is 4.90 Å². The Bertz CT molecular complexity index is 696. The second-order valence-corrected chi connectivity index (χ2v) is 8.67. The van der Waals surface area contributed by atoms with Crippen LogP contribution in [-0.4, -0.2) is 78.9 Å². The quantitative estimate of drug-likeness (QED) is 0.782. The first-order valence-corrected chi connectivity index (χ1v) is 10.6. The second-order valence-electron chi connectivity index (χ2n) is 8.67. The van der Waals surface area contributed by atoms with Crippen molar-refractivity contribution in [3.8, 4) is 0 Å². The summed E-state index contributed by atoms with van der Waals surface area (Å²) in [6.07, 6.45) is 1.20. The summed E-state index contributed by atoms with van der Waals surface area (Å²) in [4.78, 5) is 31.1. The largest absolute Gasteiger partial charge is 0.351 e. The number of nitrogens with zero attached hydrogens (tertiary/aromatic N) is 3. The summed E-state index contributed by atoms with van der Waals surface area (Å²) in [6.45, 7) is 10.2. The molecule has 0 radical (unpaired) electrons. The third-order valence-electron chi connectivity index (χ3n) is 5.85. The van der Waals surface area contributed by atoms with Crippen molar-refractivity contribution in [2.45, 2.75) is 26.8 Å². The number of likely N-dealkylation sites (tertiary alicyclic amines) is 1. The van der Waals surface area contributed by atoms with Crippen LogP contribution in [0.15, 0.2) is 24.3 Å². The average molecular weight is 405 g/mol. The smallest absolute Gasteiger partial charge is 0.236 e. The molecule has 3 rings (SSSR count). The molecule has 1 aromatic carbocycles. The minimum atomic E-state index is -0.302. The van der Waals surface area contributed by atoms with Crippen LogP contribution in [0.2, 0.25) is 0 Å². The summed E-state index contributed by atoms with van der Waals surface area (Å²) >= 11 is 0. The lowest BCUT2D eigenvalue weighted by atomic mass is 9.92. The van der Waals surface area contributed by atoms with Crippen molar-refractivity contribution in [2.24, 2.45) is 11.8 Å². The maximum Gasteiger partial charge on any atom is 0.236 e. The number of piperidine rings is 1. The van der Waals surface area contributed by atoms with Gasteiger partial charge in [0, 0.05) is 51.4 Å². The van der Waals surface area contributed by atoms with E-state index in [1.54, 1.807) is 18.2 Å². The normalized spacial score (nSPS) is 23.8. The number of halogens is 1. The topological polar surface area (TPSA) is 55.9 Å². The molecule has 1 N–H and O–H groups in total. The Morgan fingerprint density at radius 3 is 2.21 bits per heavy atom. The number of nitrogens with one attached hydrogen (secondary N) is 1. The van der Waals surface area contributed by atoms with Gasteiger partial charge in [-0.3, -0.25) is 19.4 Å². The van der Waals surface area contributed by atoms with E-state index in [-0.39, 0.29) is 24.2 Å². The van der Waals surface area contributed by atoms with E-state index >= 15 is 0 Å². The van der Waals surface area contributed by atoms with Crippen LogP contribution in [0.25, 0.3) is 0 Å². The predicted molar refractivity (Wildman–Crippen MR) is 111 cm³/mol. The number of amides is 2. The van der Waals surface area contributed by atoms with Gasteiger partial charge in [0.15, 0.2) is 0 Å². The zero-order valence-corrected chi connectivity index (χ0v) is 17.6. The van der Waals surface area contributed by atoms with Crippen LogP contribution >= 0.6 is 0 Å². The van der Waals surface area contributed by atoms with Crippen molar-refractivity contribution in [3.05, 3.63) is 35.6 Å². The number of hydrogen-bond acceptors (Lipinski definition) is 4. The molecule has 7 heteroatoms. The van der Waals surface area contributed by atoms with Crippen LogP contribution in [0.1, 0.15) is 25.8 Å². The number of benzene rings is 1. The Labute approximate surface area is 173 Å². The van der Waals surface area contributed by atoms with Gasteiger partial charge >= 0.3 is 0 Å². The van der Waals surface area contributed by atoms with Gasteiger partial charge in [0.05, 0.1) is 13.1 Å². The molecule has 2 atom stereocenters. The van der Waals surface area contributed by atoms with Crippen molar-refractivity contribution < 1.29 is 14.0 Å². The molecule has 0 saturated carbocycles. The molecule has 0 spiro atoms. The highest BCUT2D eigenvalue weighted by atomic mass is 19.1. The molecule has 1 aromatic rings. The van der Waals surface area contributed by atoms with Gasteiger partial charge in [-0.1, -0.05) is 32.0 Å². The van der Waals surface area contributed by atoms with E-state index in [4.69, 9.17) is 0 Å². The molecule has 2 unspecified atom stereocenters. The van der Waals surface area contributed by atoms with Gasteiger partial charge in [0.2, 0.25) is 11.8 Å². The molecule has 2 fully saturated rings. The number of piperazine rings is 1. The average Bonchev–Trinajstić information content (AvgIpc) is 2.68. The fourth-order valence-electron chi connectivity index (χ4n) is 4.36. The van der Waals surface area contributed by atoms with Crippen molar-refractivity contribution in [1.82, 2.24) is 20.0 Å². The monoisotopic (exact) mass is 404 g/mol. The predicted octanol–water partition coefficient (Wildman–Crippen LogP) is 1.56. The van der Waals surface area contributed by atoms with Crippen LogP contribution in [0.5, 0.6) is 0 Å². The first-order chi connectivity index (χ1) is 13.9. The van der Waals surface area contributed by atoms with Crippen LogP contribution in [-0.2, 0) is 16.1 Å². The molecule has 2 amide bonds. The van der Waals surface area contributed by atoms with E-state index in [0.29, 0.717) is 30.5 Å². The summed E-state index contributed by atoms with van der Waals surface area (Å²) < 4.78 is 13.6. The molecule has 0 bridgehead atoms. The lowest BCUT2D eigenvalue weighted by Crippen LogP contribution is -2.53. The summed E-state index contributed by atoms with van der Waals surface area (Å²) in [6, 6.07) is 6.47. The highest BCUT2D eigenvalue weighted by Crippen LogP contribution is 2.21. The summed E-state index contributed by atoms with van der Waals surface area (Å²) in [5.41, 5.74) is 0.491. The van der Waals surface area contributed by atoms with Crippen molar-refractivity contribution >= 4 is 11.8 Å². The molecule has 2 aliphatic rings. The number of carbonyl (C=O) groups excluding carboxylic acids is 2. The maximum absolute atomic E-state index is 13.6. The molecule has 0 aromatic heterocycles. The molecular weight excluding hydrogens is 371 g/mol. The van der Waals surface area contributed by atoms with Gasteiger partial charge < -0.3 is 10.2 Å². The van der Waals surface area contributed by atoms with Gasteiger partial charge in [0.25, 0.3) is 0 Å². The standard InChI is InChI=1S/C22H33FN4O2/c1-17-11-18(2)14-27(13-17)22(29)16-26-9-7-25(8-10-26)15-21(28)24-12-19-5-3-4-6-20(19)23/h3-6,17-18H,7-16H2,1-2H3,(H,24,28). The van der Waals surface area contributed by atoms with Crippen molar-refractivity contribution in [3.63, 3.8) is 0 Å².